The SMILES string of the molecule is CCOC(=O)NNC(=O)c1cccc(NS(=O)(=O)c2cc(C(C)(C)C)ccc2C)c1. The Morgan fingerprint density at radius 3 is 2.37 bits per heavy atom. The number of hydrazine groups is 1. The molecule has 0 aliphatic carbocycles. The van der Waals surface area contributed by atoms with E-state index in [4.69, 9.17) is 0 Å². The molecule has 2 aromatic carbocycles. The first kappa shape index (κ1) is 23.2. The Hall–Kier alpha value is -3.07. The highest BCUT2D eigenvalue weighted by atomic mass is 32.2. The van der Waals surface area contributed by atoms with Crippen LogP contribution < -0.4 is 15.6 Å². The molecule has 0 fully saturated rings. The summed E-state index contributed by atoms with van der Waals surface area (Å²) in [6.45, 7) is 9.55. The molecule has 8 nitrogen and oxygen atoms in total. The maximum Gasteiger partial charge on any atom is 0.426 e. The normalized spacial score (nSPS) is 11.5. The Balaban J connectivity index is 2.23. The number of hydrogen-bond donors (Lipinski definition) is 3. The van der Waals surface area contributed by atoms with Crippen molar-refractivity contribution in [3.05, 3.63) is 59.2 Å². The molecule has 0 aromatic heterocycles. The van der Waals surface area contributed by atoms with Gasteiger partial charge in [-0.15, -0.1) is 0 Å². The Labute approximate surface area is 177 Å². The fourth-order valence-corrected chi connectivity index (χ4v) is 3.96. The van der Waals surface area contributed by atoms with E-state index in [0.717, 1.165) is 5.56 Å². The topological polar surface area (TPSA) is 114 Å². The Morgan fingerprint density at radius 2 is 1.73 bits per heavy atom. The van der Waals surface area contributed by atoms with Gasteiger partial charge in [0.1, 0.15) is 0 Å². The van der Waals surface area contributed by atoms with Gasteiger partial charge in [0.05, 0.1) is 11.5 Å². The van der Waals surface area contributed by atoms with Crippen LogP contribution in [-0.2, 0) is 20.2 Å². The lowest BCUT2D eigenvalue weighted by molar-refractivity contribution is 0.0912. The number of anilines is 1. The smallest absolute Gasteiger partial charge is 0.426 e. The van der Waals surface area contributed by atoms with Crippen molar-refractivity contribution in [3.8, 4) is 0 Å². The number of carbonyl (C=O) groups is 2. The van der Waals surface area contributed by atoms with Crippen LogP contribution in [0.25, 0.3) is 0 Å². The van der Waals surface area contributed by atoms with Crippen molar-refractivity contribution in [1.29, 1.82) is 0 Å². The van der Waals surface area contributed by atoms with Gasteiger partial charge in [0.2, 0.25) is 0 Å². The minimum absolute atomic E-state index is 0.159. The molecule has 0 saturated carbocycles. The van der Waals surface area contributed by atoms with Gasteiger partial charge in [-0.2, -0.15) is 0 Å². The largest absolute Gasteiger partial charge is 0.449 e. The molecule has 0 unspecified atom stereocenters. The first-order chi connectivity index (χ1) is 13.9. The molecule has 162 valence electrons. The van der Waals surface area contributed by atoms with E-state index < -0.39 is 22.0 Å². The second kappa shape index (κ2) is 9.17. The third kappa shape index (κ3) is 5.96. The molecule has 0 saturated heterocycles. The van der Waals surface area contributed by atoms with Gasteiger partial charge in [0.15, 0.2) is 0 Å². The third-order valence-electron chi connectivity index (χ3n) is 4.27. The Bertz CT molecular complexity index is 1040. The van der Waals surface area contributed by atoms with Crippen molar-refractivity contribution in [2.45, 2.75) is 44.9 Å². The van der Waals surface area contributed by atoms with Crippen molar-refractivity contribution in [2.75, 3.05) is 11.3 Å². The van der Waals surface area contributed by atoms with Gasteiger partial charge in [0.25, 0.3) is 15.9 Å². The van der Waals surface area contributed by atoms with E-state index >= 15 is 0 Å². The molecule has 2 aromatic rings. The van der Waals surface area contributed by atoms with Crippen LogP contribution >= 0.6 is 0 Å². The predicted molar refractivity (Wildman–Crippen MR) is 115 cm³/mol. The van der Waals surface area contributed by atoms with E-state index in [1.165, 1.54) is 24.3 Å². The molecule has 0 spiro atoms. The minimum atomic E-state index is -3.87. The number of nitrogens with one attached hydrogen (secondary N) is 3. The number of aryl methyl sites for hydroxylation is 1. The summed E-state index contributed by atoms with van der Waals surface area (Å²) in [5.41, 5.74) is 5.99. The summed E-state index contributed by atoms with van der Waals surface area (Å²) in [7, 11) is -3.87. The van der Waals surface area contributed by atoms with Gasteiger partial charge in [-0.1, -0.05) is 39.0 Å². The fraction of sp³-hybridized carbons (Fsp3) is 0.333. The monoisotopic (exact) mass is 433 g/mol. The average molecular weight is 434 g/mol. The number of benzene rings is 2. The van der Waals surface area contributed by atoms with Crippen LogP contribution in [0.4, 0.5) is 10.5 Å². The van der Waals surface area contributed by atoms with Crippen molar-refractivity contribution in [2.24, 2.45) is 0 Å². The van der Waals surface area contributed by atoms with E-state index in [2.05, 4.69) is 20.3 Å². The molecule has 0 atom stereocenters. The highest BCUT2D eigenvalue weighted by molar-refractivity contribution is 7.92. The van der Waals surface area contributed by atoms with Crippen LogP contribution in [0.1, 0.15) is 49.2 Å². The van der Waals surface area contributed by atoms with Gasteiger partial charge in [0, 0.05) is 11.3 Å². The molecular formula is C21H27N3O5S. The van der Waals surface area contributed by atoms with Crippen LogP contribution in [0, 0.1) is 6.92 Å². The highest BCUT2D eigenvalue weighted by Gasteiger charge is 2.22. The third-order valence-corrected chi connectivity index (χ3v) is 5.80. The van der Waals surface area contributed by atoms with Gasteiger partial charge in [-0.05, 0) is 54.7 Å². The molecule has 0 aliphatic heterocycles. The molecule has 0 aliphatic rings. The lowest BCUT2D eigenvalue weighted by atomic mass is 9.87. The number of carbonyl (C=O) groups excluding carboxylic acids is 2. The Kier molecular flexibility index (Phi) is 7.09. The van der Waals surface area contributed by atoms with Crippen LogP contribution in [-0.4, -0.2) is 27.0 Å². The summed E-state index contributed by atoms with van der Waals surface area (Å²) < 4.78 is 33.1. The van der Waals surface area contributed by atoms with Gasteiger partial charge in [-0.3, -0.25) is 14.9 Å². The maximum atomic E-state index is 13.0. The maximum absolute atomic E-state index is 13.0. The van der Waals surface area contributed by atoms with E-state index in [1.807, 2.05) is 26.8 Å². The molecule has 30 heavy (non-hydrogen) atoms. The molecule has 2 amide bonds. The lowest BCUT2D eigenvalue weighted by Crippen LogP contribution is -2.41. The van der Waals surface area contributed by atoms with E-state index in [9.17, 15) is 18.0 Å². The number of hydrogen-bond acceptors (Lipinski definition) is 5. The lowest BCUT2D eigenvalue weighted by Gasteiger charge is -2.21. The zero-order valence-corrected chi connectivity index (χ0v) is 18.5. The van der Waals surface area contributed by atoms with Gasteiger partial charge < -0.3 is 4.74 Å². The molecule has 0 radical (unpaired) electrons. The minimum Gasteiger partial charge on any atom is -0.449 e. The second-order valence-corrected chi connectivity index (χ2v) is 9.37. The first-order valence-electron chi connectivity index (χ1n) is 9.41. The standard InChI is InChI=1S/C21H27N3O5S/c1-6-29-20(26)23-22-19(25)15-8-7-9-17(12-15)24-30(27,28)18-13-16(21(3,4)5)11-10-14(18)2/h7-13,24H,6H2,1-5H3,(H,22,25)(H,23,26). The quantitative estimate of drug-likeness (QED) is 0.625. The van der Waals surface area contributed by atoms with Crippen molar-refractivity contribution in [3.63, 3.8) is 0 Å². The number of amides is 2. The molecule has 0 heterocycles. The second-order valence-electron chi connectivity index (χ2n) is 7.72. The van der Waals surface area contributed by atoms with Gasteiger partial charge >= 0.3 is 6.09 Å². The summed E-state index contributed by atoms with van der Waals surface area (Å²) in [5.74, 6) is -0.616. The zero-order valence-electron chi connectivity index (χ0n) is 17.7. The summed E-state index contributed by atoms with van der Waals surface area (Å²) >= 11 is 0. The van der Waals surface area contributed by atoms with Crippen LogP contribution in [0.3, 0.4) is 0 Å². The van der Waals surface area contributed by atoms with Crippen molar-refractivity contribution in [1.82, 2.24) is 10.9 Å². The number of sulfonamides is 1. The summed E-state index contributed by atoms with van der Waals surface area (Å²) in [4.78, 5) is 23.6. The summed E-state index contributed by atoms with van der Waals surface area (Å²) in [6.07, 6.45) is -0.795. The van der Waals surface area contributed by atoms with Crippen molar-refractivity contribution < 1.29 is 22.7 Å². The first-order valence-corrected chi connectivity index (χ1v) is 10.9. The van der Waals surface area contributed by atoms with E-state index in [0.29, 0.717) is 5.56 Å². The van der Waals surface area contributed by atoms with Crippen LogP contribution in [0.5, 0.6) is 0 Å². The van der Waals surface area contributed by atoms with E-state index in [1.54, 1.807) is 26.0 Å². The number of ether oxygens (including phenoxy) is 1. The average Bonchev–Trinajstić information content (AvgIpc) is 2.65. The fourth-order valence-electron chi connectivity index (χ4n) is 2.64. The molecule has 0 bridgehead atoms. The summed E-state index contributed by atoms with van der Waals surface area (Å²) in [6, 6.07) is 11.3. The molecule has 3 N–H and O–H groups in total. The van der Waals surface area contributed by atoms with E-state index in [-0.39, 0.29) is 28.2 Å². The highest BCUT2D eigenvalue weighted by Crippen LogP contribution is 2.28. The molecular weight excluding hydrogens is 406 g/mol. The van der Waals surface area contributed by atoms with Crippen LogP contribution in [0.2, 0.25) is 0 Å². The predicted octanol–water partition coefficient (Wildman–Crippen LogP) is 3.48. The molecule has 2 rings (SSSR count). The van der Waals surface area contributed by atoms with Crippen molar-refractivity contribution >= 4 is 27.7 Å². The van der Waals surface area contributed by atoms with Crippen LogP contribution in [0.15, 0.2) is 47.4 Å². The summed E-state index contributed by atoms with van der Waals surface area (Å²) in [5, 5.41) is 0. The molecule has 9 heteroatoms. The Morgan fingerprint density at radius 1 is 1.03 bits per heavy atom. The zero-order chi connectivity index (χ0) is 22.5. The van der Waals surface area contributed by atoms with Gasteiger partial charge in [-0.25, -0.2) is 18.6 Å². The number of rotatable bonds is 5.